The van der Waals surface area contributed by atoms with Gasteiger partial charge in [0.1, 0.15) is 5.76 Å². The predicted molar refractivity (Wildman–Crippen MR) is 114 cm³/mol. The van der Waals surface area contributed by atoms with Gasteiger partial charge in [0.15, 0.2) is 11.9 Å². The summed E-state index contributed by atoms with van der Waals surface area (Å²) in [7, 11) is 0. The Hall–Kier alpha value is -3.52. The quantitative estimate of drug-likeness (QED) is 0.448. The Labute approximate surface area is 176 Å². The second-order valence-electron chi connectivity index (χ2n) is 6.66. The van der Waals surface area contributed by atoms with Gasteiger partial charge in [0.2, 0.25) is 0 Å². The van der Waals surface area contributed by atoms with E-state index in [0.717, 1.165) is 4.88 Å². The first-order valence-electron chi connectivity index (χ1n) is 9.44. The molecule has 0 fully saturated rings. The number of nitrogens with zero attached hydrogens (tertiary/aromatic N) is 2. The van der Waals surface area contributed by atoms with E-state index in [1.54, 1.807) is 26.0 Å². The first-order valence-corrected chi connectivity index (χ1v) is 10.3. The number of aromatic nitrogens is 2. The van der Waals surface area contributed by atoms with Crippen LogP contribution in [0.5, 0.6) is 0 Å². The molecular formula is C22H19N3O4S. The topological polar surface area (TPSA) is 94.3 Å². The van der Waals surface area contributed by atoms with Gasteiger partial charge in [0.05, 0.1) is 21.7 Å². The maximum absolute atomic E-state index is 13.1. The smallest absolute Gasteiger partial charge is 0.339 e. The van der Waals surface area contributed by atoms with Crippen LogP contribution in [0.15, 0.2) is 58.4 Å². The van der Waals surface area contributed by atoms with E-state index in [4.69, 9.17) is 9.26 Å². The van der Waals surface area contributed by atoms with E-state index in [1.807, 2.05) is 41.8 Å². The number of hydrogen-bond acceptors (Lipinski definition) is 7. The van der Waals surface area contributed by atoms with Gasteiger partial charge < -0.3 is 14.6 Å². The highest BCUT2D eigenvalue weighted by Gasteiger charge is 2.24. The van der Waals surface area contributed by atoms with Gasteiger partial charge in [-0.1, -0.05) is 36.3 Å². The number of rotatable bonds is 6. The van der Waals surface area contributed by atoms with Crippen molar-refractivity contribution in [2.24, 2.45) is 0 Å². The monoisotopic (exact) mass is 421 g/mol. The summed E-state index contributed by atoms with van der Waals surface area (Å²) in [4.78, 5) is 31.2. The molecule has 4 rings (SSSR count). The first-order chi connectivity index (χ1) is 14.5. The first kappa shape index (κ1) is 19.8. The fourth-order valence-electron chi connectivity index (χ4n) is 3.04. The molecule has 1 amide bonds. The molecule has 3 aromatic heterocycles. The van der Waals surface area contributed by atoms with Gasteiger partial charge in [0, 0.05) is 11.5 Å². The Morgan fingerprint density at radius 3 is 2.73 bits per heavy atom. The third kappa shape index (κ3) is 4.08. The molecule has 1 N–H and O–H groups in total. The zero-order valence-electron chi connectivity index (χ0n) is 16.4. The van der Waals surface area contributed by atoms with E-state index in [1.165, 1.54) is 11.3 Å². The second-order valence-corrected chi connectivity index (χ2v) is 7.61. The number of fused-ring (bicyclic) bond motifs is 1. The van der Waals surface area contributed by atoms with Crippen LogP contribution in [-0.4, -0.2) is 28.1 Å². The predicted octanol–water partition coefficient (Wildman–Crippen LogP) is 4.83. The van der Waals surface area contributed by atoms with Gasteiger partial charge >= 0.3 is 5.97 Å². The molecule has 3 heterocycles. The van der Waals surface area contributed by atoms with Crippen LogP contribution in [0.3, 0.4) is 0 Å². The lowest BCUT2D eigenvalue weighted by Crippen LogP contribution is -2.32. The number of hydrogen-bond donors (Lipinski definition) is 1. The van der Waals surface area contributed by atoms with Crippen molar-refractivity contribution in [3.8, 4) is 10.6 Å². The SMILES string of the molecule is CCC(OC(=O)c1cc(-c2cccs2)nc2ccccc12)C(=O)Nc1cc(C)on1. The number of amides is 1. The average Bonchev–Trinajstić information content (AvgIpc) is 3.43. The normalized spacial score (nSPS) is 11.9. The summed E-state index contributed by atoms with van der Waals surface area (Å²) in [5, 5.41) is 8.97. The minimum atomic E-state index is -0.966. The lowest BCUT2D eigenvalue weighted by atomic mass is 10.1. The Morgan fingerprint density at radius 2 is 2.03 bits per heavy atom. The lowest BCUT2D eigenvalue weighted by Gasteiger charge is -2.16. The van der Waals surface area contributed by atoms with Crippen molar-refractivity contribution in [3.05, 3.63) is 65.2 Å². The zero-order valence-corrected chi connectivity index (χ0v) is 17.2. The highest BCUT2D eigenvalue weighted by atomic mass is 32.1. The number of ether oxygens (including phenoxy) is 1. The fraction of sp³-hybridized carbons (Fsp3) is 0.182. The van der Waals surface area contributed by atoms with Crippen LogP contribution in [0.25, 0.3) is 21.5 Å². The highest BCUT2D eigenvalue weighted by molar-refractivity contribution is 7.13. The number of aryl methyl sites for hydroxylation is 1. The number of nitrogens with one attached hydrogen (secondary N) is 1. The third-order valence-electron chi connectivity index (χ3n) is 4.50. The Bertz CT molecular complexity index is 1200. The van der Waals surface area contributed by atoms with Gasteiger partial charge in [-0.25, -0.2) is 9.78 Å². The number of thiophene rings is 1. The van der Waals surface area contributed by atoms with Crippen molar-refractivity contribution in [2.75, 3.05) is 5.32 Å². The molecule has 0 saturated carbocycles. The number of anilines is 1. The lowest BCUT2D eigenvalue weighted by molar-refractivity contribution is -0.124. The Balaban J connectivity index is 1.62. The summed E-state index contributed by atoms with van der Waals surface area (Å²) in [5.41, 5.74) is 1.74. The van der Waals surface area contributed by atoms with E-state index in [-0.39, 0.29) is 5.82 Å². The Morgan fingerprint density at radius 1 is 1.20 bits per heavy atom. The maximum atomic E-state index is 13.1. The molecule has 1 aromatic carbocycles. The summed E-state index contributed by atoms with van der Waals surface area (Å²) in [6.45, 7) is 3.49. The van der Waals surface area contributed by atoms with Crippen LogP contribution in [-0.2, 0) is 9.53 Å². The molecule has 4 aromatic rings. The molecule has 152 valence electrons. The summed E-state index contributed by atoms with van der Waals surface area (Å²) < 4.78 is 10.5. The van der Waals surface area contributed by atoms with Crippen molar-refractivity contribution in [1.29, 1.82) is 0 Å². The molecule has 1 atom stereocenters. The van der Waals surface area contributed by atoms with Gasteiger partial charge in [-0.2, -0.15) is 0 Å². The molecule has 8 heteroatoms. The molecular weight excluding hydrogens is 402 g/mol. The molecule has 0 spiro atoms. The number of pyridine rings is 1. The molecule has 1 unspecified atom stereocenters. The minimum absolute atomic E-state index is 0.279. The zero-order chi connectivity index (χ0) is 21.1. The molecule has 30 heavy (non-hydrogen) atoms. The van der Waals surface area contributed by atoms with Crippen LogP contribution >= 0.6 is 11.3 Å². The molecule has 0 aliphatic rings. The van der Waals surface area contributed by atoms with Gasteiger partial charge in [0.25, 0.3) is 5.91 Å². The van der Waals surface area contributed by atoms with Crippen LogP contribution in [0, 0.1) is 6.92 Å². The standard InChI is InChI=1S/C22H19N3O4S/c1-3-18(21(26)24-20-11-13(2)29-25-20)28-22(27)15-12-17(19-9-6-10-30-19)23-16-8-5-4-7-14(15)16/h4-12,18H,3H2,1-2H3,(H,24,25,26). The van der Waals surface area contributed by atoms with Crippen LogP contribution in [0.1, 0.15) is 29.5 Å². The number of benzene rings is 1. The fourth-order valence-corrected chi connectivity index (χ4v) is 3.73. The number of esters is 1. The summed E-state index contributed by atoms with van der Waals surface area (Å²) in [6, 6.07) is 14.5. The van der Waals surface area contributed by atoms with Gasteiger partial charge in [-0.3, -0.25) is 4.79 Å². The van der Waals surface area contributed by atoms with E-state index >= 15 is 0 Å². The highest BCUT2D eigenvalue weighted by Crippen LogP contribution is 2.28. The number of carbonyl (C=O) groups is 2. The van der Waals surface area contributed by atoms with E-state index in [2.05, 4.69) is 15.5 Å². The number of carbonyl (C=O) groups excluding carboxylic acids is 2. The molecule has 0 radical (unpaired) electrons. The second kappa shape index (κ2) is 8.46. The maximum Gasteiger partial charge on any atom is 0.339 e. The van der Waals surface area contributed by atoms with Crippen molar-refractivity contribution in [1.82, 2.24) is 10.1 Å². The molecule has 0 aliphatic heterocycles. The summed E-state index contributed by atoms with van der Waals surface area (Å²) >= 11 is 1.54. The van der Waals surface area contributed by atoms with Crippen molar-refractivity contribution in [3.63, 3.8) is 0 Å². The van der Waals surface area contributed by atoms with Gasteiger partial charge in [-0.15, -0.1) is 11.3 Å². The van der Waals surface area contributed by atoms with E-state index in [9.17, 15) is 9.59 Å². The van der Waals surface area contributed by atoms with Crippen LogP contribution < -0.4 is 5.32 Å². The van der Waals surface area contributed by atoms with Crippen molar-refractivity contribution >= 4 is 39.9 Å². The van der Waals surface area contributed by atoms with Crippen molar-refractivity contribution in [2.45, 2.75) is 26.4 Å². The van der Waals surface area contributed by atoms with E-state index < -0.39 is 18.0 Å². The van der Waals surface area contributed by atoms with Gasteiger partial charge in [-0.05, 0) is 36.9 Å². The van der Waals surface area contributed by atoms with E-state index in [0.29, 0.717) is 34.3 Å². The summed E-state index contributed by atoms with van der Waals surface area (Å²) in [6.07, 6.45) is -0.651. The third-order valence-corrected chi connectivity index (χ3v) is 5.39. The minimum Gasteiger partial charge on any atom is -0.449 e. The number of para-hydroxylation sites is 1. The largest absolute Gasteiger partial charge is 0.449 e. The van der Waals surface area contributed by atoms with Crippen LogP contribution in [0.2, 0.25) is 0 Å². The molecule has 0 bridgehead atoms. The molecule has 0 aliphatic carbocycles. The molecule has 0 saturated heterocycles. The van der Waals surface area contributed by atoms with Crippen LogP contribution in [0.4, 0.5) is 5.82 Å². The average molecular weight is 421 g/mol. The van der Waals surface area contributed by atoms with Crippen molar-refractivity contribution < 1.29 is 18.8 Å². The molecule has 7 nitrogen and oxygen atoms in total. The summed E-state index contributed by atoms with van der Waals surface area (Å²) in [5.74, 6) is -0.193. The Kier molecular flexibility index (Phi) is 5.58.